The third-order valence-electron chi connectivity index (χ3n) is 4.35. The van der Waals surface area contributed by atoms with Gasteiger partial charge in [-0.25, -0.2) is 13.4 Å². The van der Waals surface area contributed by atoms with Crippen molar-refractivity contribution in [1.29, 1.82) is 0 Å². The number of hydrogen-bond donors (Lipinski definition) is 2. The number of methoxy groups -OCH3 is 1. The van der Waals surface area contributed by atoms with Gasteiger partial charge >= 0.3 is 0 Å². The molecule has 3 aromatic rings. The van der Waals surface area contributed by atoms with Crippen molar-refractivity contribution in [3.63, 3.8) is 0 Å². The van der Waals surface area contributed by atoms with Gasteiger partial charge in [0.25, 0.3) is 10.0 Å². The second-order valence-corrected chi connectivity index (χ2v) is 8.77. The second kappa shape index (κ2) is 7.24. The highest BCUT2D eigenvalue weighted by Crippen LogP contribution is 2.24. The van der Waals surface area contributed by atoms with Crippen LogP contribution in [0.5, 0.6) is 5.75 Å². The summed E-state index contributed by atoms with van der Waals surface area (Å²) < 4.78 is 32.4. The van der Waals surface area contributed by atoms with E-state index in [0.29, 0.717) is 24.5 Å². The summed E-state index contributed by atoms with van der Waals surface area (Å²) in [5, 5.41) is 8.72. The van der Waals surface area contributed by atoms with Crippen LogP contribution in [0.1, 0.15) is 17.0 Å². The van der Waals surface area contributed by atoms with Gasteiger partial charge < -0.3 is 9.64 Å². The fourth-order valence-corrected chi connectivity index (χ4v) is 4.83. The molecule has 4 rings (SSSR count). The minimum Gasteiger partial charge on any atom is -0.497 e. The van der Waals surface area contributed by atoms with Crippen molar-refractivity contribution in [2.24, 2.45) is 0 Å². The predicted molar refractivity (Wildman–Crippen MR) is 102 cm³/mol. The maximum Gasteiger partial charge on any atom is 0.263 e. The van der Waals surface area contributed by atoms with Crippen LogP contribution in [0.25, 0.3) is 0 Å². The molecule has 1 aromatic carbocycles. The van der Waals surface area contributed by atoms with Crippen molar-refractivity contribution in [3.8, 4) is 5.75 Å². The second-order valence-electron chi connectivity index (χ2n) is 6.23. The molecular weight excluding hydrogens is 402 g/mol. The Morgan fingerprint density at radius 2 is 2.11 bits per heavy atom. The zero-order chi connectivity index (χ0) is 19.7. The molecule has 0 saturated carbocycles. The van der Waals surface area contributed by atoms with Crippen LogP contribution in [0.3, 0.4) is 0 Å². The van der Waals surface area contributed by atoms with Gasteiger partial charge in [-0.1, -0.05) is 0 Å². The van der Waals surface area contributed by atoms with Crippen LogP contribution in [-0.4, -0.2) is 41.5 Å². The first kappa shape index (κ1) is 18.4. The third-order valence-corrected chi connectivity index (χ3v) is 6.64. The summed E-state index contributed by atoms with van der Waals surface area (Å²) in [6, 6.07) is 6.05. The van der Waals surface area contributed by atoms with Crippen LogP contribution < -0.4 is 9.46 Å². The monoisotopic (exact) mass is 419 g/mol. The predicted octanol–water partition coefficient (Wildman–Crippen LogP) is 1.76. The number of carbonyl (C=O) groups is 1. The van der Waals surface area contributed by atoms with Gasteiger partial charge in [0.15, 0.2) is 5.13 Å². The smallest absolute Gasteiger partial charge is 0.263 e. The molecule has 1 amide bonds. The number of nitrogens with one attached hydrogen (secondary N) is 2. The van der Waals surface area contributed by atoms with Crippen molar-refractivity contribution in [2.75, 3.05) is 11.8 Å². The normalized spacial score (nSPS) is 13.4. The van der Waals surface area contributed by atoms with Crippen molar-refractivity contribution in [1.82, 2.24) is 20.1 Å². The molecule has 0 bridgehead atoms. The van der Waals surface area contributed by atoms with E-state index >= 15 is 0 Å². The lowest BCUT2D eigenvalue weighted by Gasteiger charge is -2.14. The van der Waals surface area contributed by atoms with E-state index in [4.69, 9.17) is 4.74 Å². The zero-order valence-corrected chi connectivity index (χ0v) is 16.5. The third kappa shape index (κ3) is 3.71. The minimum absolute atomic E-state index is 0.0699. The Morgan fingerprint density at radius 1 is 1.32 bits per heavy atom. The average Bonchev–Trinajstić information content (AvgIpc) is 3.38. The quantitative estimate of drug-likeness (QED) is 0.629. The minimum atomic E-state index is -3.76. The van der Waals surface area contributed by atoms with Gasteiger partial charge in [0.1, 0.15) is 5.75 Å². The SMILES string of the molecule is COc1ccc(S(=O)(=O)Nc2nc(CC(=O)N3Cc4cn[nH]c4C3)cs2)cc1. The highest BCUT2D eigenvalue weighted by Gasteiger charge is 2.25. The molecule has 3 heterocycles. The van der Waals surface area contributed by atoms with E-state index in [1.807, 2.05) is 0 Å². The molecule has 0 aliphatic carbocycles. The summed E-state index contributed by atoms with van der Waals surface area (Å²) in [6.07, 6.45) is 1.83. The summed E-state index contributed by atoms with van der Waals surface area (Å²) >= 11 is 1.14. The summed E-state index contributed by atoms with van der Waals surface area (Å²) in [5.74, 6) is 0.498. The largest absolute Gasteiger partial charge is 0.497 e. The number of H-pyrrole nitrogens is 1. The first-order valence-corrected chi connectivity index (χ1v) is 10.7. The number of aromatic amines is 1. The molecular formula is C17H17N5O4S2. The van der Waals surface area contributed by atoms with Crippen molar-refractivity contribution in [3.05, 3.63) is 52.8 Å². The van der Waals surface area contributed by atoms with E-state index in [0.717, 1.165) is 22.6 Å². The lowest BCUT2D eigenvalue weighted by molar-refractivity contribution is -0.131. The van der Waals surface area contributed by atoms with Gasteiger partial charge in [0.05, 0.1) is 42.6 Å². The molecule has 2 aromatic heterocycles. The van der Waals surface area contributed by atoms with Crippen LogP contribution in [0.2, 0.25) is 0 Å². The molecule has 0 fully saturated rings. The number of nitrogens with zero attached hydrogens (tertiary/aromatic N) is 3. The van der Waals surface area contributed by atoms with Gasteiger partial charge in [0, 0.05) is 17.5 Å². The number of thiazole rings is 1. The standard InChI is InChI=1S/C17H17N5O4S2/c1-26-13-2-4-14(5-3-13)28(24,25)21-17-19-12(10-27-17)6-16(23)22-8-11-7-18-20-15(11)9-22/h2-5,7,10H,6,8-9H2,1H3,(H,18,20)(H,19,21). The number of rotatable bonds is 6. The van der Waals surface area contributed by atoms with Crippen molar-refractivity contribution < 1.29 is 17.9 Å². The summed E-state index contributed by atoms with van der Waals surface area (Å²) in [4.78, 5) is 18.5. The van der Waals surface area contributed by atoms with Gasteiger partial charge in [0.2, 0.25) is 5.91 Å². The van der Waals surface area contributed by atoms with E-state index in [1.165, 1.54) is 19.2 Å². The number of carbonyl (C=O) groups excluding carboxylic acids is 1. The van der Waals surface area contributed by atoms with E-state index in [1.54, 1.807) is 28.6 Å². The van der Waals surface area contributed by atoms with Gasteiger partial charge in [-0.15, -0.1) is 11.3 Å². The van der Waals surface area contributed by atoms with E-state index < -0.39 is 10.0 Å². The molecule has 28 heavy (non-hydrogen) atoms. The number of amides is 1. The molecule has 0 radical (unpaired) electrons. The molecule has 11 heteroatoms. The topological polar surface area (TPSA) is 117 Å². The first-order valence-electron chi connectivity index (χ1n) is 8.35. The lowest BCUT2D eigenvalue weighted by Crippen LogP contribution is -2.27. The Hall–Kier alpha value is -2.92. The first-order chi connectivity index (χ1) is 13.4. The Balaban J connectivity index is 1.40. The number of fused-ring (bicyclic) bond motifs is 1. The van der Waals surface area contributed by atoms with Crippen LogP contribution in [0, 0.1) is 0 Å². The lowest BCUT2D eigenvalue weighted by atomic mass is 10.3. The van der Waals surface area contributed by atoms with E-state index in [2.05, 4.69) is 19.9 Å². The molecule has 0 unspecified atom stereocenters. The van der Waals surface area contributed by atoms with Crippen molar-refractivity contribution in [2.45, 2.75) is 24.4 Å². The Morgan fingerprint density at radius 3 is 2.82 bits per heavy atom. The maximum absolute atomic E-state index is 12.5. The maximum atomic E-state index is 12.5. The van der Waals surface area contributed by atoms with Gasteiger partial charge in [-0.3, -0.25) is 14.6 Å². The number of hydrogen-bond acceptors (Lipinski definition) is 7. The molecule has 0 saturated heterocycles. The van der Waals surface area contributed by atoms with Crippen LogP contribution >= 0.6 is 11.3 Å². The Kier molecular flexibility index (Phi) is 4.77. The molecule has 1 aliphatic rings. The number of sulfonamides is 1. The molecule has 0 atom stereocenters. The number of ether oxygens (including phenoxy) is 1. The van der Waals surface area contributed by atoms with Crippen molar-refractivity contribution >= 4 is 32.4 Å². The molecule has 9 nitrogen and oxygen atoms in total. The fourth-order valence-electron chi connectivity index (χ4n) is 2.87. The zero-order valence-electron chi connectivity index (χ0n) is 14.9. The fraction of sp³-hybridized carbons (Fsp3) is 0.235. The molecule has 1 aliphatic heterocycles. The highest BCUT2D eigenvalue weighted by atomic mass is 32.2. The Labute approximate surface area is 165 Å². The highest BCUT2D eigenvalue weighted by molar-refractivity contribution is 7.93. The summed E-state index contributed by atoms with van der Waals surface area (Å²) in [5.41, 5.74) is 2.48. The van der Waals surface area contributed by atoms with Gasteiger partial charge in [-0.05, 0) is 24.3 Å². The molecule has 146 valence electrons. The average molecular weight is 419 g/mol. The summed E-state index contributed by atoms with van der Waals surface area (Å²) in [6.45, 7) is 1.01. The van der Waals surface area contributed by atoms with E-state index in [9.17, 15) is 13.2 Å². The van der Waals surface area contributed by atoms with Crippen LogP contribution in [-0.2, 0) is 34.3 Å². The van der Waals surface area contributed by atoms with Crippen LogP contribution in [0.4, 0.5) is 5.13 Å². The summed E-state index contributed by atoms with van der Waals surface area (Å²) in [7, 11) is -2.25. The van der Waals surface area contributed by atoms with E-state index in [-0.39, 0.29) is 22.4 Å². The number of benzene rings is 1. The number of aromatic nitrogens is 3. The Bertz CT molecular complexity index is 1080. The van der Waals surface area contributed by atoms with Gasteiger partial charge in [-0.2, -0.15) is 5.10 Å². The number of anilines is 1. The molecule has 0 spiro atoms. The van der Waals surface area contributed by atoms with Crippen LogP contribution in [0.15, 0.2) is 40.7 Å². The molecule has 2 N–H and O–H groups in total.